The lowest BCUT2D eigenvalue weighted by atomic mass is 10.1. The number of ether oxygens (including phenoxy) is 1. The van der Waals surface area contributed by atoms with Crippen LogP contribution in [0.2, 0.25) is 5.02 Å². The Bertz CT molecular complexity index is 754. The molecule has 3 rings (SSSR count). The van der Waals surface area contributed by atoms with Crippen LogP contribution in [0.3, 0.4) is 0 Å². The number of carbonyl (C=O) groups excluding carboxylic acids is 1. The van der Waals surface area contributed by atoms with Crippen LogP contribution in [0.5, 0.6) is 5.75 Å². The Morgan fingerprint density at radius 3 is 2.92 bits per heavy atom. The minimum Gasteiger partial charge on any atom is -0.490 e. The van der Waals surface area contributed by atoms with Gasteiger partial charge in [0, 0.05) is 23.4 Å². The third kappa shape index (κ3) is 3.74. The summed E-state index contributed by atoms with van der Waals surface area (Å²) >= 11 is 5.74. The molecule has 0 saturated carbocycles. The molecule has 0 unspecified atom stereocenters. The monoisotopic (exact) mass is 348 g/mol. The quantitative estimate of drug-likeness (QED) is 0.775. The van der Waals surface area contributed by atoms with Crippen LogP contribution in [0.25, 0.3) is 0 Å². The maximum atomic E-state index is 13.2. The molecule has 1 fully saturated rings. The first kappa shape index (κ1) is 16.9. The highest BCUT2D eigenvalue weighted by molar-refractivity contribution is 6.31. The molecule has 2 aromatic rings. The van der Waals surface area contributed by atoms with Crippen molar-refractivity contribution >= 4 is 17.4 Å². The molecule has 0 amide bonds. The van der Waals surface area contributed by atoms with Gasteiger partial charge in [0.25, 0.3) is 0 Å². The van der Waals surface area contributed by atoms with Crippen LogP contribution in [-0.4, -0.2) is 41.9 Å². The maximum absolute atomic E-state index is 13.2. The lowest BCUT2D eigenvalue weighted by Crippen LogP contribution is -2.30. The first-order valence-corrected chi connectivity index (χ1v) is 8.20. The van der Waals surface area contributed by atoms with E-state index in [9.17, 15) is 9.18 Å². The number of halogens is 2. The Balaban J connectivity index is 1.72. The molecule has 4 nitrogen and oxygen atoms in total. The maximum Gasteiger partial charge on any atom is 0.194 e. The Kier molecular flexibility index (Phi) is 5.11. The smallest absolute Gasteiger partial charge is 0.194 e. The lowest BCUT2D eigenvalue weighted by molar-refractivity contribution is 0.103. The zero-order valence-electron chi connectivity index (χ0n) is 13.3. The molecular formula is C18H18ClFN2O2. The van der Waals surface area contributed by atoms with E-state index >= 15 is 0 Å². The number of likely N-dealkylation sites (N-methyl/N-ethyl adjacent to an activating group) is 1. The molecule has 24 heavy (non-hydrogen) atoms. The average molecular weight is 349 g/mol. The van der Waals surface area contributed by atoms with Gasteiger partial charge in [-0.25, -0.2) is 4.39 Å². The number of rotatable bonds is 5. The van der Waals surface area contributed by atoms with E-state index in [4.69, 9.17) is 16.3 Å². The van der Waals surface area contributed by atoms with Gasteiger partial charge in [-0.2, -0.15) is 0 Å². The summed E-state index contributed by atoms with van der Waals surface area (Å²) < 4.78 is 19.0. The van der Waals surface area contributed by atoms with E-state index in [1.165, 1.54) is 30.8 Å². The molecule has 126 valence electrons. The second kappa shape index (κ2) is 7.28. The summed E-state index contributed by atoms with van der Waals surface area (Å²) in [6.07, 6.45) is 5.33. The number of ketones is 1. The van der Waals surface area contributed by atoms with Crippen molar-refractivity contribution in [3.8, 4) is 5.75 Å². The van der Waals surface area contributed by atoms with E-state index in [1.54, 1.807) is 12.3 Å². The predicted molar refractivity (Wildman–Crippen MR) is 90.2 cm³/mol. The van der Waals surface area contributed by atoms with E-state index in [1.807, 2.05) is 0 Å². The Labute approximate surface area is 145 Å². The van der Waals surface area contributed by atoms with Crippen LogP contribution in [0.1, 0.15) is 28.8 Å². The topological polar surface area (TPSA) is 42.4 Å². The summed E-state index contributed by atoms with van der Waals surface area (Å²) in [7, 11) is 2.08. The number of pyridine rings is 1. The van der Waals surface area contributed by atoms with Gasteiger partial charge in [0.15, 0.2) is 5.78 Å². The Morgan fingerprint density at radius 1 is 1.38 bits per heavy atom. The Morgan fingerprint density at radius 2 is 2.21 bits per heavy atom. The molecule has 0 aliphatic carbocycles. The largest absolute Gasteiger partial charge is 0.490 e. The van der Waals surface area contributed by atoms with Gasteiger partial charge in [-0.05, 0) is 50.7 Å². The summed E-state index contributed by atoms with van der Waals surface area (Å²) in [5, 5.41) is -0.0783. The number of hydrogen-bond acceptors (Lipinski definition) is 4. The predicted octanol–water partition coefficient (Wildman–Crippen LogP) is 3.58. The minimum atomic E-state index is -0.552. The molecule has 0 spiro atoms. The third-order valence-electron chi connectivity index (χ3n) is 4.27. The summed E-state index contributed by atoms with van der Waals surface area (Å²) in [6, 6.07) is 5.95. The molecule has 6 heteroatoms. The molecule has 2 heterocycles. The lowest BCUT2D eigenvalue weighted by Gasteiger charge is -2.19. The molecular weight excluding hydrogens is 331 g/mol. The SMILES string of the molecule is CN1CCC[C@H]1COc1cncc(C(=O)c2ccc(F)c(Cl)c2)c1. The van der Waals surface area contributed by atoms with Crippen molar-refractivity contribution in [2.75, 3.05) is 20.2 Å². The van der Waals surface area contributed by atoms with Gasteiger partial charge in [0.05, 0.1) is 11.2 Å². The normalized spacial score (nSPS) is 17.9. The van der Waals surface area contributed by atoms with Crippen molar-refractivity contribution in [2.45, 2.75) is 18.9 Å². The van der Waals surface area contributed by atoms with Gasteiger partial charge >= 0.3 is 0 Å². The fourth-order valence-corrected chi connectivity index (χ4v) is 2.99. The molecule has 1 aromatic heterocycles. The molecule has 1 atom stereocenters. The first-order chi connectivity index (χ1) is 11.5. The van der Waals surface area contributed by atoms with Crippen LogP contribution in [0.4, 0.5) is 4.39 Å². The first-order valence-electron chi connectivity index (χ1n) is 7.82. The van der Waals surface area contributed by atoms with Crippen molar-refractivity contribution in [1.29, 1.82) is 0 Å². The van der Waals surface area contributed by atoms with Crippen molar-refractivity contribution in [1.82, 2.24) is 9.88 Å². The van der Waals surface area contributed by atoms with Gasteiger partial charge in [-0.3, -0.25) is 9.78 Å². The third-order valence-corrected chi connectivity index (χ3v) is 4.56. The molecule has 1 aliphatic rings. The van der Waals surface area contributed by atoms with Crippen LogP contribution >= 0.6 is 11.6 Å². The van der Waals surface area contributed by atoms with Gasteiger partial charge in [-0.1, -0.05) is 11.6 Å². The van der Waals surface area contributed by atoms with Crippen LogP contribution in [-0.2, 0) is 0 Å². The molecule has 1 saturated heterocycles. The number of aromatic nitrogens is 1. The molecule has 1 aliphatic heterocycles. The summed E-state index contributed by atoms with van der Waals surface area (Å²) in [5.41, 5.74) is 0.700. The molecule has 0 bridgehead atoms. The van der Waals surface area contributed by atoms with Crippen LogP contribution in [0.15, 0.2) is 36.7 Å². The van der Waals surface area contributed by atoms with Crippen LogP contribution in [0, 0.1) is 5.82 Å². The number of benzene rings is 1. The highest BCUT2D eigenvalue weighted by atomic mass is 35.5. The van der Waals surface area contributed by atoms with E-state index in [0.29, 0.717) is 29.5 Å². The number of hydrogen-bond donors (Lipinski definition) is 0. The van der Waals surface area contributed by atoms with Gasteiger partial charge in [0.1, 0.15) is 18.2 Å². The second-order valence-corrected chi connectivity index (χ2v) is 6.36. The molecule has 1 aromatic carbocycles. The van der Waals surface area contributed by atoms with E-state index in [-0.39, 0.29) is 10.8 Å². The minimum absolute atomic E-state index is 0.0783. The van der Waals surface area contributed by atoms with Crippen molar-refractivity contribution < 1.29 is 13.9 Å². The highest BCUT2D eigenvalue weighted by Gasteiger charge is 2.21. The van der Waals surface area contributed by atoms with Gasteiger partial charge in [0.2, 0.25) is 0 Å². The van der Waals surface area contributed by atoms with E-state index in [0.717, 1.165) is 13.0 Å². The highest BCUT2D eigenvalue weighted by Crippen LogP contribution is 2.21. The van der Waals surface area contributed by atoms with Gasteiger partial charge < -0.3 is 9.64 Å². The molecule has 0 N–H and O–H groups in total. The fourth-order valence-electron chi connectivity index (χ4n) is 2.81. The summed E-state index contributed by atoms with van der Waals surface area (Å²) in [5.74, 6) is -0.272. The number of carbonyl (C=O) groups is 1. The fraction of sp³-hybridized carbons (Fsp3) is 0.333. The van der Waals surface area contributed by atoms with E-state index < -0.39 is 5.82 Å². The van der Waals surface area contributed by atoms with Crippen molar-refractivity contribution in [2.24, 2.45) is 0 Å². The summed E-state index contributed by atoms with van der Waals surface area (Å²) in [4.78, 5) is 18.8. The van der Waals surface area contributed by atoms with E-state index in [2.05, 4.69) is 16.9 Å². The average Bonchev–Trinajstić information content (AvgIpc) is 3.00. The molecule has 0 radical (unpaired) electrons. The summed E-state index contributed by atoms with van der Waals surface area (Å²) in [6.45, 7) is 1.65. The number of likely N-dealkylation sites (tertiary alicyclic amines) is 1. The zero-order chi connectivity index (χ0) is 17.1. The Hall–Kier alpha value is -1.98. The van der Waals surface area contributed by atoms with Crippen molar-refractivity contribution in [3.05, 3.63) is 58.6 Å². The standard InChI is InChI=1S/C18H18ClFN2O2/c1-22-6-2-3-14(22)11-24-15-7-13(9-21-10-15)18(23)12-4-5-17(20)16(19)8-12/h4-5,7-10,14H,2-3,6,11H2,1H3/t14-/m0/s1. The number of nitrogens with zero attached hydrogens (tertiary/aromatic N) is 2. The second-order valence-electron chi connectivity index (χ2n) is 5.95. The zero-order valence-corrected chi connectivity index (χ0v) is 14.1. The van der Waals surface area contributed by atoms with Crippen LogP contribution < -0.4 is 4.74 Å². The van der Waals surface area contributed by atoms with Gasteiger partial charge in [-0.15, -0.1) is 0 Å². The van der Waals surface area contributed by atoms with Crippen molar-refractivity contribution in [3.63, 3.8) is 0 Å².